The van der Waals surface area contributed by atoms with Crippen molar-refractivity contribution in [2.75, 3.05) is 6.54 Å². The van der Waals surface area contributed by atoms with Gasteiger partial charge in [-0.05, 0) is 37.0 Å². The molecule has 1 saturated heterocycles. The van der Waals surface area contributed by atoms with E-state index in [1.54, 1.807) is 0 Å². The molecule has 6 nitrogen and oxygen atoms in total. The van der Waals surface area contributed by atoms with Gasteiger partial charge >= 0.3 is 6.03 Å². The summed E-state index contributed by atoms with van der Waals surface area (Å²) in [6.07, 6.45) is 6.91. The van der Waals surface area contributed by atoms with Crippen LogP contribution in [-0.2, 0) is 9.59 Å². The molecule has 2 saturated carbocycles. The lowest BCUT2D eigenvalue weighted by molar-refractivity contribution is -0.137. The third-order valence-electron chi connectivity index (χ3n) is 6.86. The summed E-state index contributed by atoms with van der Waals surface area (Å²) in [7, 11) is 0. The van der Waals surface area contributed by atoms with Crippen LogP contribution in [0.3, 0.4) is 0 Å². The Morgan fingerprint density at radius 3 is 2.64 bits per heavy atom. The van der Waals surface area contributed by atoms with Gasteiger partial charge in [0.2, 0.25) is 5.91 Å². The van der Waals surface area contributed by atoms with Crippen molar-refractivity contribution in [1.82, 2.24) is 15.5 Å². The number of carbonyl (C=O) groups excluding carboxylic acids is 3. The van der Waals surface area contributed by atoms with Gasteiger partial charge in [0.15, 0.2) is 0 Å². The number of imide groups is 1. The summed E-state index contributed by atoms with van der Waals surface area (Å²) in [5, 5.41) is 5.96. The second-order valence-corrected chi connectivity index (χ2v) is 8.38. The molecule has 0 bridgehead atoms. The van der Waals surface area contributed by atoms with E-state index in [1.807, 2.05) is 6.92 Å². The number of hydrogen-bond acceptors (Lipinski definition) is 3. The van der Waals surface area contributed by atoms with Gasteiger partial charge in [-0.1, -0.05) is 46.5 Å². The van der Waals surface area contributed by atoms with Crippen LogP contribution in [0.25, 0.3) is 0 Å². The fourth-order valence-electron chi connectivity index (χ4n) is 4.82. The van der Waals surface area contributed by atoms with E-state index in [0.29, 0.717) is 18.3 Å². The van der Waals surface area contributed by atoms with Crippen LogP contribution in [0.2, 0.25) is 0 Å². The summed E-state index contributed by atoms with van der Waals surface area (Å²) in [4.78, 5) is 38.9. The quantitative estimate of drug-likeness (QED) is 0.768. The summed E-state index contributed by atoms with van der Waals surface area (Å²) in [5.74, 6) is 0.678. The Labute approximate surface area is 150 Å². The van der Waals surface area contributed by atoms with Gasteiger partial charge in [-0.3, -0.25) is 14.5 Å². The second kappa shape index (κ2) is 6.96. The molecule has 140 valence electrons. The molecule has 5 atom stereocenters. The Balaban J connectivity index is 1.63. The summed E-state index contributed by atoms with van der Waals surface area (Å²) >= 11 is 0. The van der Waals surface area contributed by atoms with Crippen LogP contribution < -0.4 is 10.6 Å². The van der Waals surface area contributed by atoms with Gasteiger partial charge in [0.1, 0.15) is 12.1 Å². The van der Waals surface area contributed by atoms with Gasteiger partial charge in [-0.15, -0.1) is 0 Å². The van der Waals surface area contributed by atoms with Gasteiger partial charge in [0, 0.05) is 6.04 Å². The largest absolute Gasteiger partial charge is 0.352 e. The van der Waals surface area contributed by atoms with Crippen LogP contribution >= 0.6 is 0 Å². The zero-order valence-electron chi connectivity index (χ0n) is 15.6. The average Bonchev–Trinajstić information content (AvgIpc) is 2.80. The molecule has 0 radical (unpaired) electrons. The summed E-state index contributed by atoms with van der Waals surface area (Å²) in [6, 6.07) is -0.279. The zero-order chi connectivity index (χ0) is 18.2. The Hall–Kier alpha value is -1.59. The lowest BCUT2D eigenvalue weighted by Crippen LogP contribution is -2.54. The van der Waals surface area contributed by atoms with E-state index >= 15 is 0 Å². The molecule has 0 aromatic heterocycles. The fraction of sp³-hybridized carbons (Fsp3) is 0.842. The van der Waals surface area contributed by atoms with E-state index in [2.05, 4.69) is 24.5 Å². The van der Waals surface area contributed by atoms with Gasteiger partial charge in [-0.2, -0.15) is 0 Å². The lowest BCUT2D eigenvalue weighted by atomic mass is 9.73. The molecule has 6 heteroatoms. The molecule has 2 aliphatic carbocycles. The van der Waals surface area contributed by atoms with Crippen molar-refractivity contribution >= 4 is 17.8 Å². The molecular weight excluding hydrogens is 318 g/mol. The smallest absolute Gasteiger partial charge is 0.325 e. The molecule has 0 aromatic rings. The second-order valence-electron chi connectivity index (χ2n) is 8.38. The Kier molecular flexibility index (Phi) is 5.07. The zero-order valence-corrected chi connectivity index (χ0v) is 15.6. The van der Waals surface area contributed by atoms with E-state index in [4.69, 9.17) is 0 Å². The highest BCUT2D eigenvalue weighted by molar-refractivity contribution is 6.09. The Bertz CT molecular complexity index is 564. The Morgan fingerprint density at radius 2 is 1.92 bits per heavy atom. The minimum Gasteiger partial charge on any atom is -0.352 e. The number of hydrogen-bond donors (Lipinski definition) is 2. The maximum absolute atomic E-state index is 12.9. The third-order valence-corrected chi connectivity index (χ3v) is 6.86. The Morgan fingerprint density at radius 1 is 1.16 bits per heavy atom. The highest BCUT2D eigenvalue weighted by atomic mass is 16.2. The molecule has 25 heavy (non-hydrogen) atoms. The van der Waals surface area contributed by atoms with Crippen LogP contribution in [-0.4, -0.2) is 40.9 Å². The third kappa shape index (κ3) is 3.27. The van der Waals surface area contributed by atoms with Gasteiger partial charge < -0.3 is 10.6 Å². The van der Waals surface area contributed by atoms with Crippen LogP contribution in [0.5, 0.6) is 0 Å². The van der Waals surface area contributed by atoms with E-state index in [9.17, 15) is 14.4 Å². The van der Waals surface area contributed by atoms with Gasteiger partial charge in [0.05, 0.1) is 0 Å². The average molecular weight is 349 g/mol. The molecule has 1 aliphatic heterocycles. The predicted octanol–water partition coefficient (Wildman–Crippen LogP) is 2.43. The summed E-state index contributed by atoms with van der Waals surface area (Å²) < 4.78 is 0. The highest BCUT2D eigenvalue weighted by Crippen LogP contribution is 2.38. The summed E-state index contributed by atoms with van der Waals surface area (Å²) in [6.45, 7) is 6.23. The minimum absolute atomic E-state index is 0.116. The lowest BCUT2D eigenvalue weighted by Gasteiger charge is -2.37. The molecule has 3 aliphatic rings. The van der Waals surface area contributed by atoms with E-state index in [0.717, 1.165) is 37.0 Å². The van der Waals surface area contributed by atoms with Crippen molar-refractivity contribution in [1.29, 1.82) is 0 Å². The molecule has 0 unspecified atom stereocenters. The monoisotopic (exact) mass is 349 g/mol. The van der Waals surface area contributed by atoms with Crippen molar-refractivity contribution in [3.05, 3.63) is 0 Å². The minimum atomic E-state index is -0.789. The molecule has 4 amide bonds. The van der Waals surface area contributed by atoms with Crippen LogP contribution in [0.1, 0.15) is 65.7 Å². The molecular formula is C19H31N3O3. The van der Waals surface area contributed by atoms with Crippen molar-refractivity contribution in [2.24, 2.45) is 17.8 Å². The van der Waals surface area contributed by atoms with Crippen LogP contribution in [0.15, 0.2) is 0 Å². The van der Waals surface area contributed by atoms with Crippen molar-refractivity contribution < 1.29 is 14.4 Å². The first-order valence-corrected chi connectivity index (χ1v) is 9.78. The number of amides is 4. The first-order chi connectivity index (χ1) is 11.8. The van der Waals surface area contributed by atoms with Gasteiger partial charge in [0.25, 0.3) is 5.91 Å². The van der Waals surface area contributed by atoms with E-state index < -0.39 is 11.6 Å². The van der Waals surface area contributed by atoms with Crippen molar-refractivity contribution in [2.45, 2.75) is 77.3 Å². The number of carbonyl (C=O) groups is 3. The number of rotatable bonds is 3. The van der Waals surface area contributed by atoms with Crippen molar-refractivity contribution in [3.8, 4) is 0 Å². The molecule has 2 N–H and O–H groups in total. The molecule has 1 spiro atoms. The number of nitrogens with one attached hydrogen (secondary N) is 2. The maximum atomic E-state index is 12.9. The molecule has 0 aromatic carbocycles. The predicted molar refractivity (Wildman–Crippen MR) is 94.7 cm³/mol. The number of nitrogens with zero attached hydrogens (tertiary/aromatic N) is 1. The van der Waals surface area contributed by atoms with Crippen molar-refractivity contribution in [3.63, 3.8) is 0 Å². The van der Waals surface area contributed by atoms with Crippen LogP contribution in [0, 0.1) is 17.8 Å². The first-order valence-electron chi connectivity index (χ1n) is 9.78. The SMILES string of the molecule is C[C@H]1[C@@H](NC(=O)CN2C(=O)N[C@]3(CCCC[C@@H]3C)C2=O)CCC[C@@H]1C. The first kappa shape index (κ1) is 18.2. The standard InChI is InChI=1S/C19H31N3O3/c1-12-7-6-9-15(14(12)3)20-16(23)11-22-17(24)19(21-18(22)25)10-5-4-8-13(19)2/h12-15H,4-11H2,1-3H3,(H,20,23)(H,21,25)/t12-,13-,14+,15-,19-/m0/s1. The fourth-order valence-corrected chi connectivity index (χ4v) is 4.82. The topological polar surface area (TPSA) is 78.5 Å². The highest BCUT2D eigenvalue weighted by Gasteiger charge is 2.55. The summed E-state index contributed by atoms with van der Waals surface area (Å²) in [5.41, 5.74) is -0.789. The van der Waals surface area contributed by atoms with E-state index in [-0.39, 0.29) is 30.3 Å². The molecule has 3 fully saturated rings. The van der Waals surface area contributed by atoms with Crippen LogP contribution in [0.4, 0.5) is 4.79 Å². The number of urea groups is 1. The molecule has 1 heterocycles. The van der Waals surface area contributed by atoms with E-state index in [1.165, 1.54) is 6.42 Å². The normalized spacial score (nSPS) is 38.8. The van der Waals surface area contributed by atoms with Gasteiger partial charge in [-0.25, -0.2) is 4.79 Å². The molecule has 3 rings (SSSR count). The maximum Gasteiger partial charge on any atom is 0.325 e.